The Kier molecular flexibility index (Phi) is 5.37. The zero-order valence-corrected chi connectivity index (χ0v) is 16.1. The van der Waals surface area contributed by atoms with Gasteiger partial charge in [0.05, 0.1) is 6.04 Å². The molecule has 3 rings (SSSR count). The first kappa shape index (κ1) is 19.2. The Balaban J connectivity index is 1.88. The van der Waals surface area contributed by atoms with Gasteiger partial charge in [0.15, 0.2) is 5.76 Å². The van der Waals surface area contributed by atoms with Crippen molar-refractivity contribution in [2.45, 2.75) is 45.2 Å². The SMILES string of the molecule is CC(C)(C)c1oc(C(N)=O)cc1CN1CCNC(=O)C1Cc1ccccc1. The maximum absolute atomic E-state index is 12.5. The van der Waals surface area contributed by atoms with Crippen molar-refractivity contribution in [2.75, 3.05) is 13.1 Å². The number of benzene rings is 1. The normalized spacial score (nSPS) is 18.3. The summed E-state index contributed by atoms with van der Waals surface area (Å²) in [6.07, 6.45) is 0.637. The molecule has 0 saturated carbocycles. The Bertz CT molecular complexity index is 821. The maximum atomic E-state index is 12.5. The number of rotatable bonds is 5. The Hall–Kier alpha value is -2.60. The summed E-state index contributed by atoms with van der Waals surface area (Å²) in [6, 6.07) is 11.4. The predicted octanol–water partition coefficient (Wildman–Crippen LogP) is 2.22. The van der Waals surface area contributed by atoms with Crippen LogP contribution < -0.4 is 11.1 Å². The van der Waals surface area contributed by atoms with E-state index in [1.807, 2.05) is 51.1 Å². The Morgan fingerprint density at radius 2 is 2.00 bits per heavy atom. The number of amides is 2. The van der Waals surface area contributed by atoms with Crippen LogP contribution in [0.5, 0.6) is 0 Å². The molecule has 0 spiro atoms. The number of hydrogen-bond donors (Lipinski definition) is 2. The van der Waals surface area contributed by atoms with Crippen LogP contribution in [0.3, 0.4) is 0 Å². The molecular formula is C21H27N3O3. The standard InChI is InChI=1S/C21H27N3O3/c1-21(2,3)18-15(12-17(27-18)19(22)25)13-24-10-9-23-20(26)16(24)11-14-7-5-4-6-8-14/h4-8,12,16H,9-11,13H2,1-3H3,(H2,22,25)(H,23,26). The largest absolute Gasteiger partial charge is 0.455 e. The third-order valence-corrected chi connectivity index (χ3v) is 4.82. The number of carbonyl (C=O) groups excluding carboxylic acids is 2. The fourth-order valence-corrected chi connectivity index (χ4v) is 3.53. The minimum Gasteiger partial charge on any atom is -0.455 e. The average molecular weight is 369 g/mol. The molecule has 1 saturated heterocycles. The summed E-state index contributed by atoms with van der Waals surface area (Å²) < 4.78 is 5.76. The lowest BCUT2D eigenvalue weighted by molar-refractivity contribution is -0.129. The molecule has 6 nitrogen and oxygen atoms in total. The first-order valence-corrected chi connectivity index (χ1v) is 9.24. The van der Waals surface area contributed by atoms with Crippen molar-refractivity contribution in [3.05, 3.63) is 59.0 Å². The van der Waals surface area contributed by atoms with Crippen LogP contribution >= 0.6 is 0 Å². The van der Waals surface area contributed by atoms with E-state index in [1.165, 1.54) is 0 Å². The lowest BCUT2D eigenvalue weighted by atomic mass is 9.90. The van der Waals surface area contributed by atoms with Gasteiger partial charge in [-0.1, -0.05) is 51.1 Å². The summed E-state index contributed by atoms with van der Waals surface area (Å²) in [5, 5.41) is 2.96. The lowest BCUT2D eigenvalue weighted by Crippen LogP contribution is -2.55. The molecule has 1 unspecified atom stereocenters. The quantitative estimate of drug-likeness (QED) is 0.846. The molecule has 6 heteroatoms. The van der Waals surface area contributed by atoms with E-state index in [1.54, 1.807) is 6.07 Å². The van der Waals surface area contributed by atoms with Gasteiger partial charge in [-0.05, 0) is 18.1 Å². The van der Waals surface area contributed by atoms with E-state index in [9.17, 15) is 9.59 Å². The third kappa shape index (κ3) is 4.39. The minimum atomic E-state index is -0.580. The van der Waals surface area contributed by atoms with Crippen LogP contribution in [0.15, 0.2) is 40.8 Å². The van der Waals surface area contributed by atoms with E-state index in [-0.39, 0.29) is 23.1 Å². The molecule has 1 atom stereocenters. The molecule has 1 fully saturated rings. The molecule has 2 amide bonds. The summed E-state index contributed by atoms with van der Waals surface area (Å²) in [5.41, 5.74) is 7.17. The van der Waals surface area contributed by atoms with Crippen LogP contribution in [-0.2, 0) is 23.2 Å². The number of piperazine rings is 1. The Morgan fingerprint density at radius 3 is 2.63 bits per heavy atom. The molecule has 2 heterocycles. The van der Waals surface area contributed by atoms with Crippen molar-refractivity contribution in [2.24, 2.45) is 5.73 Å². The zero-order chi connectivity index (χ0) is 19.6. The van der Waals surface area contributed by atoms with Crippen molar-refractivity contribution in [3.63, 3.8) is 0 Å². The number of nitrogens with one attached hydrogen (secondary N) is 1. The van der Waals surface area contributed by atoms with Gasteiger partial charge in [0.1, 0.15) is 5.76 Å². The highest BCUT2D eigenvalue weighted by Gasteiger charge is 2.32. The zero-order valence-electron chi connectivity index (χ0n) is 16.1. The monoisotopic (exact) mass is 369 g/mol. The van der Waals surface area contributed by atoms with Gasteiger partial charge in [0.2, 0.25) is 5.91 Å². The summed E-state index contributed by atoms with van der Waals surface area (Å²) in [7, 11) is 0. The highest BCUT2D eigenvalue weighted by Crippen LogP contribution is 2.30. The summed E-state index contributed by atoms with van der Waals surface area (Å²) >= 11 is 0. The fourth-order valence-electron chi connectivity index (χ4n) is 3.53. The predicted molar refractivity (Wildman–Crippen MR) is 103 cm³/mol. The molecule has 2 aromatic rings. The van der Waals surface area contributed by atoms with Gasteiger partial charge >= 0.3 is 0 Å². The number of nitrogens with two attached hydrogens (primary N) is 1. The van der Waals surface area contributed by atoms with E-state index in [4.69, 9.17) is 10.2 Å². The van der Waals surface area contributed by atoms with Gasteiger partial charge in [-0.25, -0.2) is 0 Å². The highest BCUT2D eigenvalue weighted by molar-refractivity contribution is 5.90. The van der Waals surface area contributed by atoms with Crippen LogP contribution in [0.4, 0.5) is 0 Å². The second-order valence-electron chi connectivity index (χ2n) is 8.05. The lowest BCUT2D eigenvalue weighted by Gasteiger charge is -2.35. The Labute approximate surface area is 159 Å². The number of carbonyl (C=O) groups is 2. The molecule has 1 aromatic carbocycles. The van der Waals surface area contributed by atoms with E-state index in [0.29, 0.717) is 19.5 Å². The average Bonchev–Trinajstić information content (AvgIpc) is 3.03. The second kappa shape index (κ2) is 7.56. The van der Waals surface area contributed by atoms with Crippen LogP contribution in [0.1, 0.15) is 48.2 Å². The van der Waals surface area contributed by atoms with Gasteiger partial charge in [-0.2, -0.15) is 0 Å². The molecule has 144 valence electrons. The van der Waals surface area contributed by atoms with Crippen molar-refractivity contribution < 1.29 is 14.0 Å². The first-order valence-electron chi connectivity index (χ1n) is 9.24. The van der Waals surface area contributed by atoms with Gasteiger partial charge in [-0.3, -0.25) is 14.5 Å². The molecule has 1 aliphatic rings. The molecule has 0 bridgehead atoms. The van der Waals surface area contributed by atoms with E-state index < -0.39 is 5.91 Å². The molecule has 0 radical (unpaired) electrons. The summed E-state index contributed by atoms with van der Waals surface area (Å²) in [5.74, 6) is 0.349. The Morgan fingerprint density at radius 1 is 1.30 bits per heavy atom. The topological polar surface area (TPSA) is 88.6 Å². The van der Waals surface area contributed by atoms with Crippen molar-refractivity contribution in [3.8, 4) is 0 Å². The molecule has 0 aliphatic carbocycles. The first-order chi connectivity index (χ1) is 12.8. The van der Waals surface area contributed by atoms with Gasteiger partial charge in [-0.15, -0.1) is 0 Å². The number of nitrogens with zero attached hydrogens (tertiary/aromatic N) is 1. The van der Waals surface area contributed by atoms with Crippen LogP contribution in [0, 0.1) is 0 Å². The molecule has 1 aromatic heterocycles. The van der Waals surface area contributed by atoms with Crippen LogP contribution in [-0.4, -0.2) is 35.8 Å². The second-order valence-corrected chi connectivity index (χ2v) is 8.05. The van der Waals surface area contributed by atoms with Gasteiger partial charge < -0.3 is 15.5 Å². The maximum Gasteiger partial charge on any atom is 0.284 e. The van der Waals surface area contributed by atoms with E-state index in [2.05, 4.69) is 10.2 Å². The van der Waals surface area contributed by atoms with Crippen LogP contribution in [0.2, 0.25) is 0 Å². The van der Waals surface area contributed by atoms with Crippen LogP contribution in [0.25, 0.3) is 0 Å². The molecule has 1 aliphatic heterocycles. The summed E-state index contributed by atoms with van der Waals surface area (Å²) in [4.78, 5) is 26.3. The summed E-state index contributed by atoms with van der Waals surface area (Å²) in [6.45, 7) is 7.98. The van der Waals surface area contributed by atoms with Gasteiger partial charge in [0.25, 0.3) is 5.91 Å². The van der Waals surface area contributed by atoms with E-state index >= 15 is 0 Å². The molecule has 27 heavy (non-hydrogen) atoms. The van der Waals surface area contributed by atoms with Crippen molar-refractivity contribution >= 4 is 11.8 Å². The van der Waals surface area contributed by atoms with Crippen molar-refractivity contribution in [1.82, 2.24) is 10.2 Å². The third-order valence-electron chi connectivity index (χ3n) is 4.82. The number of primary amides is 1. The smallest absolute Gasteiger partial charge is 0.284 e. The highest BCUT2D eigenvalue weighted by atomic mass is 16.4. The van der Waals surface area contributed by atoms with Gasteiger partial charge in [0, 0.05) is 30.6 Å². The van der Waals surface area contributed by atoms with Crippen molar-refractivity contribution in [1.29, 1.82) is 0 Å². The molecular weight excluding hydrogens is 342 g/mol. The van der Waals surface area contributed by atoms with E-state index in [0.717, 1.165) is 23.4 Å². The molecule has 3 N–H and O–H groups in total. The number of furan rings is 1. The fraction of sp³-hybridized carbons (Fsp3) is 0.429. The number of hydrogen-bond acceptors (Lipinski definition) is 4. The minimum absolute atomic E-state index is 0.0287.